The average Bonchev–Trinajstić information content (AvgIpc) is 3.14. The molecule has 150 valence electrons. The molecule has 0 bridgehead atoms. The second-order valence-corrected chi connectivity index (χ2v) is 8.60. The van der Waals surface area contributed by atoms with Gasteiger partial charge in [-0.1, -0.05) is 37.3 Å². The van der Waals surface area contributed by atoms with Gasteiger partial charge >= 0.3 is 0 Å². The van der Waals surface area contributed by atoms with Crippen LogP contribution in [0.2, 0.25) is 0 Å². The highest BCUT2D eigenvalue weighted by Gasteiger charge is 2.28. The number of piperidine rings is 1. The number of hydrogen-bond acceptors (Lipinski definition) is 3. The summed E-state index contributed by atoms with van der Waals surface area (Å²) in [6.45, 7) is 11.7. The van der Waals surface area contributed by atoms with Crippen LogP contribution in [0, 0.1) is 17.8 Å². The number of amides is 1. The number of rotatable bonds is 8. The number of likely N-dealkylation sites (tertiary alicyclic amines) is 1. The highest BCUT2D eigenvalue weighted by molar-refractivity contribution is 5.76. The van der Waals surface area contributed by atoms with E-state index < -0.39 is 0 Å². The fourth-order valence-electron chi connectivity index (χ4n) is 4.70. The number of nitrogens with zero attached hydrogens (tertiary/aromatic N) is 2. The molecule has 2 aliphatic rings. The van der Waals surface area contributed by atoms with E-state index >= 15 is 0 Å². The molecule has 27 heavy (non-hydrogen) atoms. The predicted octanol–water partition coefficient (Wildman–Crippen LogP) is 3.38. The topological polar surface area (TPSA) is 35.6 Å². The van der Waals surface area contributed by atoms with Crippen LogP contribution in [0.3, 0.4) is 0 Å². The lowest BCUT2D eigenvalue weighted by atomic mass is 9.85. The van der Waals surface area contributed by atoms with Crippen LogP contribution in [0.25, 0.3) is 0 Å². The SMILES string of the molecule is CCN(CC1CCN(Cc2ccccc2)C1)C(=O)CC(C)C1CCCNC1. The summed E-state index contributed by atoms with van der Waals surface area (Å²) in [7, 11) is 0. The van der Waals surface area contributed by atoms with E-state index in [1.807, 2.05) is 0 Å². The predicted molar refractivity (Wildman–Crippen MR) is 111 cm³/mol. The van der Waals surface area contributed by atoms with Crippen molar-refractivity contribution in [2.75, 3.05) is 39.3 Å². The molecule has 1 aromatic carbocycles. The summed E-state index contributed by atoms with van der Waals surface area (Å²) in [5.41, 5.74) is 1.39. The normalized spacial score (nSPS) is 24.7. The van der Waals surface area contributed by atoms with Crippen LogP contribution < -0.4 is 5.32 Å². The Bertz CT molecular complexity index is 570. The number of carbonyl (C=O) groups excluding carboxylic acids is 1. The van der Waals surface area contributed by atoms with Crippen LogP contribution in [-0.4, -0.2) is 55.0 Å². The van der Waals surface area contributed by atoms with Crippen molar-refractivity contribution < 1.29 is 4.79 Å². The molecule has 2 fully saturated rings. The zero-order valence-corrected chi connectivity index (χ0v) is 17.2. The Hall–Kier alpha value is -1.39. The van der Waals surface area contributed by atoms with Gasteiger partial charge in [0.1, 0.15) is 0 Å². The zero-order chi connectivity index (χ0) is 19.1. The molecule has 2 aliphatic heterocycles. The summed E-state index contributed by atoms with van der Waals surface area (Å²) in [6.07, 6.45) is 4.43. The third-order valence-corrected chi connectivity index (χ3v) is 6.47. The molecule has 2 heterocycles. The first kappa shape index (κ1) is 20.3. The fraction of sp³-hybridized carbons (Fsp3) is 0.696. The number of benzene rings is 1. The molecule has 4 heteroatoms. The van der Waals surface area contributed by atoms with Crippen molar-refractivity contribution >= 4 is 5.91 Å². The van der Waals surface area contributed by atoms with Gasteiger partial charge in [0.15, 0.2) is 0 Å². The lowest BCUT2D eigenvalue weighted by molar-refractivity contribution is -0.133. The first-order chi connectivity index (χ1) is 13.2. The van der Waals surface area contributed by atoms with Crippen LogP contribution in [-0.2, 0) is 11.3 Å². The summed E-state index contributed by atoms with van der Waals surface area (Å²) >= 11 is 0. The second kappa shape index (κ2) is 10.2. The molecular formula is C23H37N3O. The molecule has 3 atom stereocenters. The lowest BCUT2D eigenvalue weighted by Crippen LogP contribution is -2.39. The van der Waals surface area contributed by atoms with Gasteiger partial charge in [-0.3, -0.25) is 9.69 Å². The maximum absolute atomic E-state index is 12.9. The standard InChI is InChI=1S/C23H37N3O/c1-3-26(23(27)14-19(2)22-10-7-12-24-15-22)18-21-11-13-25(17-21)16-20-8-5-4-6-9-20/h4-6,8-9,19,21-22,24H,3,7,10-18H2,1-2H3. The number of carbonyl (C=O) groups is 1. The summed E-state index contributed by atoms with van der Waals surface area (Å²) < 4.78 is 0. The van der Waals surface area contributed by atoms with Gasteiger partial charge in [0.25, 0.3) is 0 Å². The van der Waals surface area contributed by atoms with Crippen molar-refractivity contribution in [2.24, 2.45) is 17.8 Å². The van der Waals surface area contributed by atoms with Gasteiger partial charge in [0.2, 0.25) is 5.91 Å². The maximum atomic E-state index is 12.9. The largest absolute Gasteiger partial charge is 0.343 e. The molecule has 1 N–H and O–H groups in total. The van der Waals surface area contributed by atoms with Crippen LogP contribution in [0.15, 0.2) is 30.3 Å². The highest BCUT2D eigenvalue weighted by atomic mass is 16.2. The molecule has 2 saturated heterocycles. The van der Waals surface area contributed by atoms with Gasteiger partial charge in [0.05, 0.1) is 0 Å². The summed E-state index contributed by atoms with van der Waals surface area (Å²) in [4.78, 5) is 17.5. The molecule has 1 amide bonds. The monoisotopic (exact) mass is 371 g/mol. The first-order valence-electron chi connectivity index (χ1n) is 10.9. The van der Waals surface area contributed by atoms with E-state index in [2.05, 4.69) is 59.3 Å². The molecule has 4 nitrogen and oxygen atoms in total. The van der Waals surface area contributed by atoms with Crippen molar-refractivity contribution in [3.05, 3.63) is 35.9 Å². The Kier molecular flexibility index (Phi) is 7.71. The fourth-order valence-corrected chi connectivity index (χ4v) is 4.70. The molecule has 0 aromatic heterocycles. The molecule has 3 unspecified atom stereocenters. The van der Waals surface area contributed by atoms with E-state index in [1.54, 1.807) is 0 Å². The first-order valence-corrected chi connectivity index (χ1v) is 10.9. The summed E-state index contributed by atoms with van der Waals surface area (Å²) in [6, 6.07) is 10.7. The van der Waals surface area contributed by atoms with E-state index in [9.17, 15) is 4.79 Å². The van der Waals surface area contributed by atoms with Crippen molar-refractivity contribution in [2.45, 2.75) is 46.1 Å². The van der Waals surface area contributed by atoms with Crippen molar-refractivity contribution in [3.63, 3.8) is 0 Å². The van der Waals surface area contributed by atoms with Gasteiger partial charge in [-0.2, -0.15) is 0 Å². The minimum atomic E-state index is 0.358. The third-order valence-electron chi connectivity index (χ3n) is 6.47. The van der Waals surface area contributed by atoms with E-state index in [0.717, 1.165) is 45.8 Å². The minimum Gasteiger partial charge on any atom is -0.343 e. The van der Waals surface area contributed by atoms with Crippen LogP contribution >= 0.6 is 0 Å². The van der Waals surface area contributed by atoms with Gasteiger partial charge < -0.3 is 10.2 Å². The smallest absolute Gasteiger partial charge is 0.222 e. The molecular weight excluding hydrogens is 334 g/mol. The van der Waals surface area contributed by atoms with E-state index in [1.165, 1.54) is 24.8 Å². The van der Waals surface area contributed by atoms with E-state index in [4.69, 9.17) is 0 Å². The number of hydrogen-bond donors (Lipinski definition) is 1. The van der Waals surface area contributed by atoms with Gasteiger partial charge in [0, 0.05) is 32.6 Å². The number of nitrogens with one attached hydrogen (secondary N) is 1. The Balaban J connectivity index is 1.44. The Morgan fingerprint density at radius 1 is 1.30 bits per heavy atom. The Labute approximate surface area is 165 Å². The third kappa shape index (κ3) is 6.05. The highest BCUT2D eigenvalue weighted by Crippen LogP contribution is 2.24. The van der Waals surface area contributed by atoms with Crippen molar-refractivity contribution in [3.8, 4) is 0 Å². The maximum Gasteiger partial charge on any atom is 0.222 e. The van der Waals surface area contributed by atoms with Crippen LogP contribution in [0.4, 0.5) is 0 Å². The van der Waals surface area contributed by atoms with Crippen LogP contribution in [0.1, 0.15) is 45.1 Å². The quantitative estimate of drug-likeness (QED) is 0.761. The Morgan fingerprint density at radius 2 is 2.11 bits per heavy atom. The molecule has 0 radical (unpaired) electrons. The van der Waals surface area contributed by atoms with Crippen molar-refractivity contribution in [1.82, 2.24) is 15.1 Å². The minimum absolute atomic E-state index is 0.358. The lowest BCUT2D eigenvalue weighted by Gasteiger charge is -2.31. The molecule has 0 spiro atoms. The Morgan fingerprint density at radius 3 is 2.81 bits per heavy atom. The molecule has 0 saturated carbocycles. The van der Waals surface area contributed by atoms with E-state index in [0.29, 0.717) is 30.1 Å². The van der Waals surface area contributed by atoms with E-state index in [-0.39, 0.29) is 0 Å². The zero-order valence-electron chi connectivity index (χ0n) is 17.2. The van der Waals surface area contributed by atoms with Gasteiger partial charge in [-0.05, 0) is 69.1 Å². The summed E-state index contributed by atoms with van der Waals surface area (Å²) in [5.74, 6) is 2.12. The molecule has 0 aliphatic carbocycles. The van der Waals surface area contributed by atoms with Gasteiger partial charge in [-0.15, -0.1) is 0 Å². The van der Waals surface area contributed by atoms with Crippen molar-refractivity contribution in [1.29, 1.82) is 0 Å². The molecule has 3 rings (SSSR count). The average molecular weight is 372 g/mol. The second-order valence-electron chi connectivity index (χ2n) is 8.60. The summed E-state index contributed by atoms with van der Waals surface area (Å²) in [5, 5.41) is 3.49. The van der Waals surface area contributed by atoms with Crippen LogP contribution in [0.5, 0.6) is 0 Å². The molecule has 1 aromatic rings. The van der Waals surface area contributed by atoms with Gasteiger partial charge in [-0.25, -0.2) is 0 Å².